The van der Waals surface area contributed by atoms with Crippen LogP contribution in [-0.2, 0) is 4.79 Å². The highest BCUT2D eigenvalue weighted by Gasteiger charge is 2.32. The molecule has 0 aliphatic carbocycles. The zero-order valence-electron chi connectivity index (χ0n) is 8.23. The van der Waals surface area contributed by atoms with Gasteiger partial charge in [-0.25, -0.2) is 0 Å². The van der Waals surface area contributed by atoms with E-state index in [0.29, 0.717) is 12.5 Å². The zero-order chi connectivity index (χ0) is 10.0. The molecule has 0 aromatic rings. The SMILES string of the molecule is C[C@H](N)C(=O)N1C[C@H](CO)[C@H](C)C1. The Bertz CT molecular complexity index is 194. The Balaban J connectivity index is 2.53. The first-order valence-corrected chi connectivity index (χ1v) is 4.71. The Morgan fingerprint density at radius 2 is 2.31 bits per heavy atom. The van der Waals surface area contributed by atoms with E-state index in [1.165, 1.54) is 0 Å². The number of amides is 1. The fourth-order valence-corrected chi connectivity index (χ4v) is 1.74. The first-order valence-electron chi connectivity index (χ1n) is 4.71. The summed E-state index contributed by atoms with van der Waals surface area (Å²) in [5, 5.41) is 9.01. The van der Waals surface area contributed by atoms with Crippen LogP contribution in [0, 0.1) is 11.8 Å². The zero-order valence-corrected chi connectivity index (χ0v) is 8.23. The fourth-order valence-electron chi connectivity index (χ4n) is 1.74. The maximum absolute atomic E-state index is 11.5. The van der Waals surface area contributed by atoms with Gasteiger partial charge in [0, 0.05) is 25.6 Å². The number of nitrogens with zero attached hydrogens (tertiary/aromatic N) is 1. The molecule has 1 rings (SSSR count). The number of carbonyl (C=O) groups excluding carboxylic acids is 1. The second-order valence-electron chi connectivity index (χ2n) is 3.95. The molecule has 13 heavy (non-hydrogen) atoms. The molecule has 1 aliphatic rings. The van der Waals surface area contributed by atoms with E-state index in [0.717, 1.165) is 6.54 Å². The van der Waals surface area contributed by atoms with Crippen LogP contribution in [0.4, 0.5) is 0 Å². The molecule has 0 bridgehead atoms. The average Bonchev–Trinajstić information content (AvgIpc) is 2.45. The minimum absolute atomic E-state index is 0.0113. The molecule has 0 saturated carbocycles. The molecule has 0 aromatic heterocycles. The molecule has 4 heteroatoms. The number of hydrogen-bond donors (Lipinski definition) is 2. The summed E-state index contributed by atoms with van der Waals surface area (Å²) < 4.78 is 0. The molecule has 1 saturated heterocycles. The molecule has 0 radical (unpaired) electrons. The van der Waals surface area contributed by atoms with Gasteiger partial charge >= 0.3 is 0 Å². The van der Waals surface area contributed by atoms with Crippen molar-refractivity contribution >= 4 is 5.91 Å². The van der Waals surface area contributed by atoms with Crippen LogP contribution in [0.5, 0.6) is 0 Å². The smallest absolute Gasteiger partial charge is 0.239 e. The summed E-state index contributed by atoms with van der Waals surface area (Å²) >= 11 is 0. The van der Waals surface area contributed by atoms with Crippen LogP contribution in [0.1, 0.15) is 13.8 Å². The summed E-state index contributed by atoms with van der Waals surface area (Å²) in [4.78, 5) is 13.2. The number of aliphatic hydroxyl groups is 1. The van der Waals surface area contributed by atoms with Gasteiger partial charge in [-0.3, -0.25) is 4.79 Å². The van der Waals surface area contributed by atoms with Gasteiger partial charge in [0.1, 0.15) is 0 Å². The van der Waals surface area contributed by atoms with Crippen molar-refractivity contribution in [3.8, 4) is 0 Å². The molecule has 1 heterocycles. The van der Waals surface area contributed by atoms with E-state index in [4.69, 9.17) is 10.8 Å². The van der Waals surface area contributed by atoms with Gasteiger partial charge in [-0.2, -0.15) is 0 Å². The van der Waals surface area contributed by atoms with Crippen LogP contribution < -0.4 is 5.73 Å². The summed E-state index contributed by atoms with van der Waals surface area (Å²) in [6.45, 7) is 5.28. The summed E-state index contributed by atoms with van der Waals surface area (Å²) in [7, 11) is 0. The minimum Gasteiger partial charge on any atom is -0.396 e. The first kappa shape index (κ1) is 10.5. The van der Waals surface area contributed by atoms with E-state index in [1.54, 1.807) is 11.8 Å². The van der Waals surface area contributed by atoms with Gasteiger partial charge in [-0.05, 0) is 12.8 Å². The van der Waals surface area contributed by atoms with Crippen molar-refractivity contribution in [1.82, 2.24) is 4.90 Å². The van der Waals surface area contributed by atoms with Gasteiger partial charge in [-0.15, -0.1) is 0 Å². The highest BCUT2D eigenvalue weighted by molar-refractivity contribution is 5.81. The third-order valence-corrected chi connectivity index (χ3v) is 2.70. The van der Waals surface area contributed by atoms with E-state index in [2.05, 4.69) is 6.92 Å². The normalized spacial score (nSPS) is 30.6. The Kier molecular flexibility index (Phi) is 3.27. The van der Waals surface area contributed by atoms with E-state index >= 15 is 0 Å². The highest BCUT2D eigenvalue weighted by atomic mass is 16.3. The number of aliphatic hydroxyl groups excluding tert-OH is 1. The van der Waals surface area contributed by atoms with E-state index in [-0.39, 0.29) is 18.4 Å². The fraction of sp³-hybridized carbons (Fsp3) is 0.889. The lowest BCUT2D eigenvalue weighted by molar-refractivity contribution is -0.131. The summed E-state index contributed by atoms with van der Waals surface area (Å²) in [5.41, 5.74) is 5.49. The van der Waals surface area contributed by atoms with Crippen LogP contribution in [-0.4, -0.2) is 41.7 Å². The van der Waals surface area contributed by atoms with Crippen LogP contribution >= 0.6 is 0 Å². The molecule has 0 unspecified atom stereocenters. The van der Waals surface area contributed by atoms with Gasteiger partial charge in [0.2, 0.25) is 5.91 Å². The molecule has 0 aromatic carbocycles. The van der Waals surface area contributed by atoms with Crippen LogP contribution in [0.2, 0.25) is 0 Å². The second-order valence-corrected chi connectivity index (χ2v) is 3.95. The summed E-state index contributed by atoms with van der Waals surface area (Å²) in [6.07, 6.45) is 0. The van der Waals surface area contributed by atoms with Gasteiger partial charge in [0.05, 0.1) is 6.04 Å². The molecule has 3 atom stereocenters. The maximum atomic E-state index is 11.5. The third kappa shape index (κ3) is 2.19. The minimum atomic E-state index is -0.426. The van der Waals surface area contributed by atoms with E-state index in [9.17, 15) is 4.79 Å². The molecule has 0 spiro atoms. The topological polar surface area (TPSA) is 66.6 Å². The molecular formula is C9H18N2O2. The standard InChI is InChI=1S/C9H18N2O2/c1-6-3-11(4-8(6)5-12)9(13)7(2)10/h6-8,12H,3-5,10H2,1-2H3/t6-,7+,8-/m1/s1. The van der Waals surface area contributed by atoms with Crippen molar-refractivity contribution in [3.63, 3.8) is 0 Å². The lowest BCUT2D eigenvalue weighted by atomic mass is 10.00. The Morgan fingerprint density at radius 3 is 2.69 bits per heavy atom. The Morgan fingerprint density at radius 1 is 1.69 bits per heavy atom. The van der Waals surface area contributed by atoms with Crippen molar-refractivity contribution in [2.24, 2.45) is 17.6 Å². The Hall–Kier alpha value is -0.610. The van der Waals surface area contributed by atoms with Crippen LogP contribution in [0.15, 0.2) is 0 Å². The lowest BCUT2D eigenvalue weighted by Crippen LogP contribution is -2.41. The maximum Gasteiger partial charge on any atom is 0.239 e. The quantitative estimate of drug-likeness (QED) is 0.606. The Labute approximate surface area is 78.7 Å². The predicted molar refractivity (Wildman–Crippen MR) is 50.0 cm³/mol. The molecule has 1 amide bonds. The van der Waals surface area contributed by atoms with Crippen LogP contribution in [0.3, 0.4) is 0 Å². The van der Waals surface area contributed by atoms with Crippen molar-refractivity contribution in [1.29, 1.82) is 0 Å². The number of likely N-dealkylation sites (tertiary alicyclic amines) is 1. The number of hydrogen-bond acceptors (Lipinski definition) is 3. The molecule has 3 N–H and O–H groups in total. The van der Waals surface area contributed by atoms with Crippen molar-refractivity contribution in [3.05, 3.63) is 0 Å². The van der Waals surface area contributed by atoms with Crippen molar-refractivity contribution in [2.75, 3.05) is 19.7 Å². The van der Waals surface area contributed by atoms with E-state index < -0.39 is 6.04 Å². The first-order chi connectivity index (χ1) is 6.06. The number of rotatable bonds is 2. The van der Waals surface area contributed by atoms with E-state index in [1.807, 2.05) is 0 Å². The second kappa shape index (κ2) is 4.07. The summed E-state index contributed by atoms with van der Waals surface area (Å²) in [5.74, 6) is 0.596. The molecule has 4 nitrogen and oxygen atoms in total. The van der Waals surface area contributed by atoms with Crippen molar-refractivity contribution < 1.29 is 9.90 Å². The van der Waals surface area contributed by atoms with Gasteiger partial charge < -0.3 is 15.7 Å². The summed E-state index contributed by atoms with van der Waals surface area (Å²) in [6, 6.07) is -0.426. The van der Waals surface area contributed by atoms with Gasteiger partial charge in [0.15, 0.2) is 0 Å². The number of nitrogens with two attached hydrogens (primary N) is 1. The monoisotopic (exact) mass is 186 g/mol. The van der Waals surface area contributed by atoms with Gasteiger partial charge in [0.25, 0.3) is 0 Å². The third-order valence-electron chi connectivity index (χ3n) is 2.70. The molecule has 1 fully saturated rings. The molecule has 1 aliphatic heterocycles. The average molecular weight is 186 g/mol. The van der Waals surface area contributed by atoms with Gasteiger partial charge in [-0.1, -0.05) is 6.92 Å². The predicted octanol–water partition coefficient (Wildman–Crippen LogP) is -0.580. The van der Waals surface area contributed by atoms with Crippen LogP contribution in [0.25, 0.3) is 0 Å². The largest absolute Gasteiger partial charge is 0.396 e. The van der Waals surface area contributed by atoms with Crippen molar-refractivity contribution in [2.45, 2.75) is 19.9 Å². The number of carbonyl (C=O) groups is 1. The highest BCUT2D eigenvalue weighted by Crippen LogP contribution is 2.22. The molecular weight excluding hydrogens is 168 g/mol. The molecule has 76 valence electrons. The lowest BCUT2D eigenvalue weighted by Gasteiger charge is -2.18.